The predicted octanol–water partition coefficient (Wildman–Crippen LogP) is 5.63. The molecule has 0 spiro atoms. The SMILES string of the molecule is CC[C@@H](C(=O)NC1CCCCC1)N(Cc1ccc(Cl)c(Cl)c1)C(=O)CN(c1cc(C)ccc1C)S(C)(=O)=O. The third-order valence-corrected chi connectivity index (χ3v) is 8.85. The molecule has 1 aliphatic carbocycles. The summed E-state index contributed by atoms with van der Waals surface area (Å²) in [5.74, 6) is -0.710. The van der Waals surface area contributed by atoms with Gasteiger partial charge in [0.2, 0.25) is 21.8 Å². The Hall–Kier alpha value is -2.29. The molecule has 0 aromatic heterocycles. The van der Waals surface area contributed by atoms with Crippen LogP contribution >= 0.6 is 23.2 Å². The zero-order valence-electron chi connectivity index (χ0n) is 22.5. The predicted molar refractivity (Wildman–Crippen MR) is 154 cm³/mol. The molecular formula is C28H37Cl2N3O4S. The fraction of sp³-hybridized carbons (Fsp3) is 0.500. The summed E-state index contributed by atoms with van der Waals surface area (Å²) in [6, 6.07) is 9.82. The van der Waals surface area contributed by atoms with Crippen LogP contribution in [0.1, 0.15) is 62.1 Å². The third kappa shape index (κ3) is 7.87. The molecule has 2 aromatic carbocycles. The molecule has 0 heterocycles. The lowest BCUT2D eigenvalue weighted by Crippen LogP contribution is -2.54. The molecule has 0 bridgehead atoms. The molecule has 1 atom stereocenters. The maximum absolute atomic E-state index is 13.9. The minimum absolute atomic E-state index is 0.0784. The van der Waals surface area contributed by atoms with E-state index in [0.29, 0.717) is 27.7 Å². The lowest BCUT2D eigenvalue weighted by molar-refractivity contribution is -0.140. The molecule has 7 nitrogen and oxygen atoms in total. The summed E-state index contributed by atoms with van der Waals surface area (Å²) in [7, 11) is -3.80. The van der Waals surface area contributed by atoms with E-state index in [1.165, 1.54) is 4.90 Å². The van der Waals surface area contributed by atoms with Crippen LogP contribution in [0.5, 0.6) is 0 Å². The van der Waals surface area contributed by atoms with Crippen LogP contribution in [-0.4, -0.2) is 50.0 Å². The Morgan fingerprint density at radius 1 is 1.03 bits per heavy atom. The lowest BCUT2D eigenvalue weighted by atomic mass is 9.95. The second kappa shape index (κ2) is 13.2. The van der Waals surface area contributed by atoms with Crippen LogP contribution in [0.4, 0.5) is 5.69 Å². The molecule has 208 valence electrons. The second-order valence-corrected chi connectivity index (χ2v) is 12.8. The molecule has 1 saturated carbocycles. The van der Waals surface area contributed by atoms with E-state index in [4.69, 9.17) is 23.2 Å². The number of anilines is 1. The Morgan fingerprint density at radius 2 is 1.71 bits per heavy atom. The number of sulfonamides is 1. The normalized spacial score (nSPS) is 15.1. The smallest absolute Gasteiger partial charge is 0.244 e. The molecular weight excluding hydrogens is 545 g/mol. The number of amides is 2. The van der Waals surface area contributed by atoms with Gasteiger partial charge in [0.25, 0.3) is 0 Å². The van der Waals surface area contributed by atoms with Crippen molar-refractivity contribution in [2.75, 3.05) is 17.1 Å². The largest absolute Gasteiger partial charge is 0.352 e. The molecule has 1 fully saturated rings. The van der Waals surface area contributed by atoms with E-state index in [-0.39, 0.29) is 18.5 Å². The number of aryl methyl sites for hydroxylation is 2. The first-order valence-electron chi connectivity index (χ1n) is 13.0. The van der Waals surface area contributed by atoms with E-state index in [9.17, 15) is 18.0 Å². The highest BCUT2D eigenvalue weighted by molar-refractivity contribution is 7.92. The lowest BCUT2D eigenvalue weighted by Gasteiger charge is -2.34. The number of hydrogen-bond acceptors (Lipinski definition) is 4. The van der Waals surface area contributed by atoms with Gasteiger partial charge in [-0.25, -0.2) is 8.42 Å². The van der Waals surface area contributed by atoms with Crippen LogP contribution in [0.25, 0.3) is 0 Å². The molecule has 0 unspecified atom stereocenters. The van der Waals surface area contributed by atoms with E-state index < -0.39 is 28.5 Å². The maximum Gasteiger partial charge on any atom is 0.244 e. The van der Waals surface area contributed by atoms with Gasteiger partial charge in [0, 0.05) is 12.6 Å². The summed E-state index contributed by atoms with van der Waals surface area (Å²) in [6.07, 6.45) is 6.56. The minimum atomic E-state index is -3.80. The van der Waals surface area contributed by atoms with Gasteiger partial charge in [-0.1, -0.05) is 67.6 Å². The molecule has 1 N–H and O–H groups in total. The van der Waals surface area contributed by atoms with Gasteiger partial charge in [0.05, 0.1) is 22.0 Å². The Bertz CT molecular complexity index is 1260. The molecule has 0 saturated heterocycles. The molecule has 0 aliphatic heterocycles. The Balaban J connectivity index is 1.96. The summed E-state index contributed by atoms with van der Waals surface area (Å²) in [5, 5.41) is 3.85. The van der Waals surface area contributed by atoms with Crippen molar-refractivity contribution < 1.29 is 18.0 Å². The Labute approximate surface area is 236 Å². The molecule has 2 amide bonds. The van der Waals surface area contributed by atoms with Crippen molar-refractivity contribution in [3.63, 3.8) is 0 Å². The van der Waals surface area contributed by atoms with E-state index in [0.717, 1.165) is 53.8 Å². The number of nitrogens with zero attached hydrogens (tertiary/aromatic N) is 2. The molecule has 1 aliphatic rings. The van der Waals surface area contributed by atoms with Crippen LogP contribution in [0, 0.1) is 13.8 Å². The van der Waals surface area contributed by atoms with Gasteiger partial charge in [0.1, 0.15) is 12.6 Å². The monoisotopic (exact) mass is 581 g/mol. The molecule has 3 rings (SSSR count). The standard InChI is InChI=1S/C28H37Cl2N3O4S/c1-5-25(28(35)31-22-9-7-6-8-10-22)32(17-21-13-14-23(29)24(30)16-21)27(34)18-33(38(4,36)37)26-15-19(2)11-12-20(26)3/h11-16,22,25H,5-10,17-18H2,1-4H3,(H,31,35)/t25-/m0/s1. The quantitative estimate of drug-likeness (QED) is 0.393. The van der Waals surface area contributed by atoms with Crippen molar-refractivity contribution in [3.05, 3.63) is 63.1 Å². The summed E-state index contributed by atoms with van der Waals surface area (Å²) >= 11 is 12.3. The average molecular weight is 583 g/mol. The van der Waals surface area contributed by atoms with Crippen molar-refractivity contribution in [2.24, 2.45) is 0 Å². The van der Waals surface area contributed by atoms with Gasteiger partial charge >= 0.3 is 0 Å². The summed E-state index contributed by atoms with van der Waals surface area (Å²) < 4.78 is 26.9. The van der Waals surface area contributed by atoms with Gasteiger partial charge in [-0.05, 0) is 68.0 Å². The van der Waals surface area contributed by atoms with Crippen molar-refractivity contribution in [1.82, 2.24) is 10.2 Å². The first-order chi connectivity index (χ1) is 17.9. The Morgan fingerprint density at radius 3 is 2.32 bits per heavy atom. The van der Waals surface area contributed by atoms with Gasteiger partial charge in [-0.15, -0.1) is 0 Å². The minimum Gasteiger partial charge on any atom is -0.352 e. The number of hydrogen-bond donors (Lipinski definition) is 1. The molecule has 10 heteroatoms. The highest BCUT2D eigenvalue weighted by Gasteiger charge is 2.33. The van der Waals surface area contributed by atoms with Crippen molar-refractivity contribution in [3.8, 4) is 0 Å². The van der Waals surface area contributed by atoms with Crippen LogP contribution in [0.15, 0.2) is 36.4 Å². The van der Waals surface area contributed by atoms with E-state index in [2.05, 4.69) is 5.32 Å². The second-order valence-electron chi connectivity index (χ2n) is 10.1. The summed E-state index contributed by atoms with van der Waals surface area (Å²) in [6.45, 7) is 5.16. The number of carbonyl (C=O) groups excluding carboxylic acids is 2. The van der Waals surface area contributed by atoms with Crippen LogP contribution in [0.2, 0.25) is 10.0 Å². The van der Waals surface area contributed by atoms with Gasteiger partial charge in [-0.2, -0.15) is 0 Å². The van der Waals surface area contributed by atoms with Crippen molar-refractivity contribution >= 4 is 50.7 Å². The van der Waals surface area contributed by atoms with E-state index >= 15 is 0 Å². The Kier molecular flexibility index (Phi) is 10.5. The van der Waals surface area contributed by atoms with Gasteiger partial charge < -0.3 is 10.2 Å². The number of halogens is 2. The number of nitrogens with one attached hydrogen (secondary N) is 1. The highest BCUT2D eigenvalue weighted by Crippen LogP contribution is 2.27. The molecule has 2 aromatic rings. The van der Waals surface area contributed by atoms with Crippen LogP contribution < -0.4 is 9.62 Å². The molecule has 0 radical (unpaired) electrons. The topological polar surface area (TPSA) is 86.8 Å². The third-order valence-electron chi connectivity index (χ3n) is 6.99. The van der Waals surface area contributed by atoms with E-state index in [1.807, 2.05) is 26.0 Å². The first kappa shape index (κ1) is 30.3. The highest BCUT2D eigenvalue weighted by atomic mass is 35.5. The zero-order chi connectivity index (χ0) is 28.0. The first-order valence-corrected chi connectivity index (χ1v) is 15.6. The number of carbonyl (C=O) groups is 2. The number of benzene rings is 2. The van der Waals surface area contributed by atoms with Crippen LogP contribution in [0.3, 0.4) is 0 Å². The number of rotatable bonds is 10. The van der Waals surface area contributed by atoms with Crippen LogP contribution in [-0.2, 0) is 26.2 Å². The molecule has 38 heavy (non-hydrogen) atoms. The fourth-order valence-corrected chi connectivity index (χ4v) is 6.10. The average Bonchev–Trinajstić information content (AvgIpc) is 2.86. The summed E-state index contributed by atoms with van der Waals surface area (Å²) in [4.78, 5) is 28.8. The van der Waals surface area contributed by atoms with Gasteiger partial charge in [0.15, 0.2) is 0 Å². The zero-order valence-corrected chi connectivity index (χ0v) is 24.8. The maximum atomic E-state index is 13.9. The fourth-order valence-electron chi connectivity index (χ4n) is 4.88. The van der Waals surface area contributed by atoms with E-state index in [1.54, 1.807) is 31.2 Å². The van der Waals surface area contributed by atoms with Gasteiger partial charge in [-0.3, -0.25) is 13.9 Å². The van der Waals surface area contributed by atoms with Crippen molar-refractivity contribution in [2.45, 2.75) is 77.9 Å². The summed E-state index contributed by atoms with van der Waals surface area (Å²) in [5.41, 5.74) is 2.73. The van der Waals surface area contributed by atoms with Crippen molar-refractivity contribution in [1.29, 1.82) is 0 Å².